The van der Waals surface area contributed by atoms with Gasteiger partial charge in [0.15, 0.2) is 0 Å². The Bertz CT molecular complexity index is 483. The first-order valence-electron chi connectivity index (χ1n) is 6.54. The Labute approximate surface area is 115 Å². The first kappa shape index (κ1) is 14.9. The molecule has 0 radical (unpaired) electrons. The van der Waals surface area contributed by atoms with Gasteiger partial charge in [0, 0.05) is 31.4 Å². The largest absolute Gasteiger partial charge is 0.406 e. The van der Waals surface area contributed by atoms with E-state index in [4.69, 9.17) is 0 Å². The third kappa shape index (κ3) is 3.33. The number of carbonyl (C=O) groups excluding carboxylic acids is 1. The van der Waals surface area contributed by atoms with Crippen LogP contribution in [-0.2, 0) is 6.54 Å². The Morgan fingerprint density at radius 3 is 2.80 bits per heavy atom. The molecule has 2 heterocycles. The number of nitrogens with zero attached hydrogens (tertiary/aromatic N) is 2. The van der Waals surface area contributed by atoms with Gasteiger partial charge < -0.3 is 14.8 Å². The van der Waals surface area contributed by atoms with Crippen molar-refractivity contribution in [2.24, 2.45) is 0 Å². The van der Waals surface area contributed by atoms with Crippen LogP contribution in [0.4, 0.5) is 13.2 Å². The van der Waals surface area contributed by atoms with Crippen molar-refractivity contribution in [2.75, 3.05) is 13.1 Å². The predicted molar refractivity (Wildman–Crippen MR) is 68.5 cm³/mol. The van der Waals surface area contributed by atoms with Crippen molar-refractivity contribution in [1.29, 1.82) is 0 Å². The van der Waals surface area contributed by atoms with Gasteiger partial charge >= 0.3 is 6.18 Å². The molecule has 1 aliphatic heterocycles. The van der Waals surface area contributed by atoms with Gasteiger partial charge in [-0.05, 0) is 26.0 Å². The van der Waals surface area contributed by atoms with Crippen LogP contribution < -0.4 is 5.32 Å². The van der Waals surface area contributed by atoms with E-state index in [1.54, 1.807) is 4.90 Å². The number of carbonyl (C=O) groups is 1. The van der Waals surface area contributed by atoms with Crippen LogP contribution in [0.5, 0.6) is 0 Å². The minimum absolute atomic E-state index is 0.0343. The zero-order valence-electron chi connectivity index (χ0n) is 11.4. The van der Waals surface area contributed by atoms with Gasteiger partial charge in [-0.3, -0.25) is 4.79 Å². The van der Waals surface area contributed by atoms with Crippen molar-refractivity contribution in [3.05, 3.63) is 24.0 Å². The molecule has 0 saturated carbocycles. The van der Waals surface area contributed by atoms with Crippen LogP contribution in [-0.4, -0.2) is 46.7 Å². The molecule has 1 fully saturated rings. The molecule has 1 amide bonds. The lowest BCUT2D eigenvalue weighted by molar-refractivity contribution is -0.140. The highest BCUT2D eigenvalue weighted by Crippen LogP contribution is 2.20. The van der Waals surface area contributed by atoms with Gasteiger partial charge in [-0.1, -0.05) is 0 Å². The Balaban J connectivity index is 2.19. The fourth-order valence-electron chi connectivity index (χ4n) is 2.39. The molecular formula is C13H18F3N3O. The maximum Gasteiger partial charge on any atom is 0.406 e. The molecule has 7 heteroatoms. The number of alkyl halides is 3. The van der Waals surface area contributed by atoms with Gasteiger partial charge in [-0.15, -0.1) is 0 Å². The molecule has 1 aromatic heterocycles. The first-order chi connectivity index (χ1) is 9.28. The van der Waals surface area contributed by atoms with E-state index in [0.29, 0.717) is 13.1 Å². The number of hydrogen-bond donors (Lipinski definition) is 1. The number of amides is 1. The van der Waals surface area contributed by atoms with E-state index in [9.17, 15) is 18.0 Å². The highest BCUT2D eigenvalue weighted by molar-refractivity contribution is 5.93. The lowest BCUT2D eigenvalue weighted by Gasteiger charge is -2.37. The van der Waals surface area contributed by atoms with E-state index < -0.39 is 12.7 Å². The molecule has 112 valence electrons. The number of aromatic nitrogens is 1. The smallest absolute Gasteiger partial charge is 0.334 e. The van der Waals surface area contributed by atoms with Crippen molar-refractivity contribution in [3.8, 4) is 0 Å². The normalized spacial score (nSPS) is 23.9. The molecular weight excluding hydrogens is 271 g/mol. The van der Waals surface area contributed by atoms with Crippen LogP contribution in [0.2, 0.25) is 0 Å². The zero-order chi connectivity index (χ0) is 14.9. The molecule has 1 aromatic rings. The van der Waals surface area contributed by atoms with Crippen LogP contribution in [0.1, 0.15) is 24.3 Å². The monoisotopic (exact) mass is 289 g/mol. The average Bonchev–Trinajstić information content (AvgIpc) is 2.77. The lowest BCUT2D eigenvalue weighted by atomic mass is 10.1. The molecule has 0 aromatic carbocycles. The Morgan fingerprint density at radius 1 is 1.45 bits per heavy atom. The standard InChI is InChI=1S/C13H18F3N3O/c1-9-7-19(10(2)6-17-9)12(20)11-4-3-5-18(11)8-13(14,15)16/h3-5,9-10,17H,6-8H2,1-2H3. The van der Waals surface area contributed by atoms with E-state index >= 15 is 0 Å². The summed E-state index contributed by atoms with van der Waals surface area (Å²) in [5.74, 6) is -0.347. The first-order valence-corrected chi connectivity index (χ1v) is 6.54. The molecule has 2 rings (SSSR count). The van der Waals surface area contributed by atoms with Gasteiger partial charge in [-0.25, -0.2) is 0 Å². The fourth-order valence-corrected chi connectivity index (χ4v) is 2.39. The van der Waals surface area contributed by atoms with E-state index in [1.807, 2.05) is 13.8 Å². The summed E-state index contributed by atoms with van der Waals surface area (Å²) in [6, 6.07) is 3.01. The SMILES string of the molecule is CC1CN(C(=O)c2cccn2CC(F)(F)F)C(C)CN1. The number of nitrogens with one attached hydrogen (secondary N) is 1. The van der Waals surface area contributed by atoms with E-state index in [0.717, 1.165) is 4.57 Å². The maximum atomic E-state index is 12.5. The second-order valence-electron chi connectivity index (χ2n) is 5.25. The topological polar surface area (TPSA) is 37.3 Å². The Morgan fingerprint density at radius 2 is 2.15 bits per heavy atom. The number of hydrogen-bond acceptors (Lipinski definition) is 2. The molecule has 0 bridgehead atoms. The van der Waals surface area contributed by atoms with Gasteiger partial charge in [0.25, 0.3) is 5.91 Å². The van der Waals surface area contributed by atoms with Crippen molar-refractivity contribution >= 4 is 5.91 Å². The lowest BCUT2D eigenvalue weighted by Crippen LogP contribution is -2.56. The van der Waals surface area contributed by atoms with Crippen molar-refractivity contribution in [1.82, 2.24) is 14.8 Å². The molecule has 1 saturated heterocycles. The van der Waals surface area contributed by atoms with Gasteiger partial charge in [0.2, 0.25) is 0 Å². The van der Waals surface area contributed by atoms with Crippen LogP contribution in [0.15, 0.2) is 18.3 Å². The summed E-state index contributed by atoms with van der Waals surface area (Å²) in [6.07, 6.45) is -3.05. The summed E-state index contributed by atoms with van der Waals surface area (Å²) in [5.41, 5.74) is 0.0864. The molecule has 1 aliphatic rings. The Kier molecular flexibility index (Phi) is 4.08. The summed E-state index contributed by atoms with van der Waals surface area (Å²) >= 11 is 0. The highest BCUT2D eigenvalue weighted by Gasteiger charge is 2.32. The zero-order valence-corrected chi connectivity index (χ0v) is 11.4. The molecule has 20 heavy (non-hydrogen) atoms. The van der Waals surface area contributed by atoms with Gasteiger partial charge in [0.05, 0.1) is 0 Å². The minimum atomic E-state index is -4.34. The summed E-state index contributed by atoms with van der Waals surface area (Å²) < 4.78 is 38.4. The third-order valence-corrected chi connectivity index (χ3v) is 3.42. The second-order valence-corrected chi connectivity index (χ2v) is 5.25. The highest BCUT2D eigenvalue weighted by atomic mass is 19.4. The van der Waals surface area contributed by atoms with Crippen LogP contribution in [0.3, 0.4) is 0 Å². The number of piperazine rings is 1. The molecule has 0 spiro atoms. The number of halogens is 3. The molecule has 2 unspecified atom stereocenters. The maximum absolute atomic E-state index is 12.5. The van der Waals surface area contributed by atoms with Gasteiger partial charge in [0.1, 0.15) is 12.2 Å². The summed E-state index contributed by atoms with van der Waals surface area (Å²) in [5, 5.41) is 3.23. The average molecular weight is 289 g/mol. The summed E-state index contributed by atoms with van der Waals surface area (Å²) in [6.45, 7) is 3.83. The van der Waals surface area contributed by atoms with Crippen molar-refractivity contribution in [3.63, 3.8) is 0 Å². The molecule has 1 N–H and O–H groups in total. The molecule has 4 nitrogen and oxygen atoms in total. The number of rotatable bonds is 2. The van der Waals surface area contributed by atoms with Crippen LogP contribution in [0.25, 0.3) is 0 Å². The van der Waals surface area contributed by atoms with Crippen LogP contribution >= 0.6 is 0 Å². The van der Waals surface area contributed by atoms with E-state index in [1.165, 1.54) is 18.3 Å². The second kappa shape index (κ2) is 5.47. The minimum Gasteiger partial charge on any atom is -0.334 e. The third-order valence-electron chi connectivity index (χ3n) is 3.42. The molecule has 2 atom stereocenters. The quantitative estimate of drug-likeness (QED) is 0.902. The predicted octanol–water partition coefficient (Wildman–Crippen LogP) is 1.87. The molecule has 0 aliphatic carbocycles. The van der Waals surface area contributed by atoms with Crippen molar-refractivity contribution < 1.29 is 18.0 Å². The van der Waals surface area contributed by atoms with E-state index in [-0.39, 0.29) is 23.7 Å². The van der Waals surface area contributed by atoms with E-state index in [2.05, 4.69) is 5.32 Å². The fraction of sp³-hybridized carbons (Fsp3) is 0.615. The van der Waals surface area contributed by atoms with Crippen LogP contribution in [0, 0.1) is 0 Å². The Hall–Kier alpha value is -1.50. The van der Waals surface area contributed by atoms with Crippen molar-refractivity contribution in [2.45, 2.75) is 38.7 Å². The summed E-state index contributed by atoms with van der Waals surface area (Å²) in [4.78, 5) is 14.1. The van der Waals surface area contributed by atoms with Gasteiger partial charge in [-0.2, -0.15) is 13.2 Å². The summed E-state index contributed by atoms with van der Waals surface area (Å²) in [7, 11) is 0.